The van der Waals surface area contributed by atoms with Crippen molar-refractivity contribution in [2.24, 2.45) is 0 Å². The summed E-state index contributed by atoms with van der Waals surface area (Å²) in [6, 6.07) is 11.9. The van der Waals surface area contributed by atoms with Crippen LogP contribution in [0.3, 0.4) is 0 Å². The van der Waals surface area contributed by atoms with Crippen molar-refractivity contribution in [1.82, 2.24) is 9.97 Å². The quantitative estimate of drug-likeness (QED) is 0.743. The fourth-order valence-corrected chi connectivity index (χ4v) is 2.25. The molecule has 0 spiro atoms. The maximum absolute atomic E-state index is 5.29. The van der Waals surface area contributed by atoms with Gasteiger partial charge in [0.05, 0.1) is 12.8 Å². The van der Waals surface area contributed by atoms with Crippen LogP contribution in [-0.2, 0) is 6.54 Å². The number of nitrogens with one attached hydrogen (secondary N) is 2. The summed E-state index contributed by atoms with van der Waals surface area (Å²) in [4.78, 5) is 8.50. The molecule has 0 fully saturated rings. The number of aromatic nitrogens is 2. The molecule has 0 aliphatic heterocycles. The number of aryl methyl sites for hydroxylation is 2. The van der Waals surface area contributed by atoms with Crippen LogP contribution in [0.25, 0.3) is 0 Å². The number of nitrogens with zero attached hydrogens (tertiary/aromatic N) is 2. The molecule has 3 aromatic rings. The van der Waals surface area contributed by atoms with Gasteiger partial charge < -0.3 is 15.1 Å². The zero-order valence-electron chi connectivity index (χ0n) is 12.6. The topological polar surface area (TPSA) is 63.0 Å². The number of hydrogen-bond acceptors (Lipinski definition) is 5. The normalized spacial score (nSPS) is 10.5. The van der Waals surface area contributed by atoms with Crippen LogP contribution < -0.4 is 10.6 Å². The first-order valence-electron chi connectivity index (χ1n) is 7.14. The molecule has 0 radical (unpaired) electrons. The predicted octanol–water partition coefficient (Wildman–Crippen LogP) is 4.04. The molecule has 22 heavy (non-hydrogen) atoms. The average molecular weight is 294 g/mol. The third-order valence-corrected chi connectivity index (χ3v) is 3.43. The third-order valence-electron chi connectivity index (χ3n) is 3.43. The molecule has 112 valence electrons. The number of rotatable bonds is 5. The lowest BCUT2D eigenvalue weighted by Crippen LogP contribution is -2.03. The van der Waals surface area contributed by atoms with E-state index in [1.54, 1.807) is 12.6 Å². The van der Waals surface area contributed by atoms with Crippen LogP contribution in [0.15, 0.2) is 53.4 Å². The van der Waals surface area contributed by atoms with Crippen LogP contribution in [0.2, 0.25) is 0 Å². The van der Waals surface area contributed by atoms with Crippen LogP contribution >= 0.6 is 0 Å². The lowest BCUT2D eigenvalue weighted by molar-refractivity contribution is 0.518. The van der Waals surface area contributed by atoms with Crippen molar-refractivity contribution >= 4 is 17.3 Å². The van der Waals surface area contributed by atoms with Gasteiger partial charge in [-0.05, 0) is 37.1 Å². The van der Waals surface area contributed by atoms with E-state index in [4.69, 9.17) is 4.42 Å². The van der Waals surface area contributed by atoms with Gasteiger partial charge in [0, 0.05) is 11.8 Å². The lowest BCUT2D eigenvalue weighted by Gasteiger charge is -2.12. The van der Waals surface area contributed by atoms with Gasteiger partial charge in [0.1, 0.15) is 23.7 Å². The molecular weight excluding hydrogens is 276 g/mol. The van der Waals surface area contributed by atoms with Crippen molar-refractivity contribution in [3.8, 4) is 0 Å². The van der Waals surface area contributed by atoms with Crippen LogP contribution in [0.5, 0.6) is 0 Å². The molecule has 1 aromatic carbocycles. The van der Waals surface area contributed by atoms with Crippen LogP contribution in [0, 0.1) is 13.8 Å². The Hall–Kier alpha value is -2.82. The van der Waals surface area contributed by atoms with E-state index < -0.39 is 0 Å². The highest BCUT2D eigenvalue weighted by atomic mass is 16.3. The van der Waals surface area contributed by atoms with Crippen molar-refractivity contribution in [2.75, 3.05) is 10.6 Å². The smallest absolute Gasteiger partial charge is 0.135 e. The Morgan fingerprint density at radius 2 is 1.77 bits per heavy atom. The number of anilines is 3. The molecular formula is C17H18N4O. The van der Waals surface area contributed by atoms with E-state index in [2.05, 4.69) is 46.6 Å². The minimum absolute atomic E-state index is 0.590. The van der Waals surface area contributed by atoms with Crippen LogP contribution in [-0.4, -0.2) is 9.97 Å². The Labute approximate surface area is 129 Å². The van der Waals surface area contributed by atoms with Gasteiger partial charge in [-0.1, -0.05) is 18.2 Å². The van der Waals surface area contributed by atoms with Gasteiger partial charge in [0.25, 0.3) is 0 Å². The summed E-state index contributed by atoms with van der Waals surface area (Å²) in [6.07, 6.45) is 3.20. The molecule has 0 aliphatic carbocycles. The predicted molar refractivity (Wildman–Crippen MR) is 87.3 cm³/mol. The minimum atomic E-state index is 0.590. The molecule has 3 rings (SSSR count). The van der Waals surface area contributed by atoms with Gasteiger partial charge in [0.15, 0.2) is 0 Å². The Kier molecular flexibility index (Phi) is 4.05. The van der Waals surface area contributed by atoms with E-state index in [0.717, 1.165) is 23.1 Å². The van der Waals surface area contributed by atoms with Crippen LogP contribution in [0.4, 0.5) is 17.3 Å². The number of para-hydroxylation sites is 1. The van der Waals surface area contributed by atoms with Gasteiger partial charge in [-0.25, -0.2) is 9.97 Å². The third kappa shape index (κ3) is 3.25. The molecule has 0 amide bonds. The lowest BCUT2D eigenvalue weighted by atomic mass is 10.1. The monoisotopic (exact) mass is 294 g/mol. The summed E-state index contributed by atoms with van der Waals surface area (Å²) >= 11 is 0. The molecule has 0 unspecified atom stereocenters. The Morgan fingerprint density at radius 3 is 2.50 bits per heavy atom. The summed E-state index contributed by atoms with van der Waals surface area (Å²) in [5.74, 6) is 2.37. The number of hydrogen-bond donors (Lipinski definition) is 2. The second-order valence-corrected chi connectivity index (χ2v) is 5.11. The molecule has 5 heteroatoms. The van der Waals surface area contributed by atoms with E-state index >= 15 is 0 Å². The standard InChI is InChI=1S/C17H18N4O/c1-12-5-3-6-13(2)17(12)21-16-9-15(19-11-20-16)18-10-14-7-4-8-22-14/h3-9,11H,10H2,1-2H3,(H2,18,19,20,21). The Bertz CT molecular complexity index is 733. The molecule has 0 saturated heterocycles. The van der Waals surface area contributed by atoms with Crippen molar-refractivity contribution < 1.29 is 4.42 Å². The highest BCUT2D eigenvalue weighted by Crippen LogP contribution is 2.23. The van der Waals surface area contributed by atoms with Crippen molar-refractivity contribution in [3.05, 3.63) is 65.9 Å². The molecule has 5 nitrogen and oxygen atoms in total. The highest BCUT2D eigenvalue weighted by molar-refractivity contribution is 5.65. The first kappa shape index (κ1) is 14.1. The molecule has 2 heterocycles. The van der Waals surface area contributed by atoms with Crippen LogP contribution in [0.1, 0.15) is 16.9 Å². The summed E-state index contributed by atoms with van der Waals surface area (Å²) in [5.41, 5.74) is 3.45. The maximum atomic E-state index is 5.29. The van der Waals surface area contributed by atoms with Gasteiger partial charge in [-0.3, -0.25) is 0 Å². The first-order valence-corrected chi connectivity index (χ1v) is 7.14. The summed E-state index contributed by atoms with van der Waals surface area (Å²) in [7, 11) is 0. The Balaban J connectivity index is 1.73. The van der Waals surface area contributed by atoms with Gasteiger partial charge >= 0.3 is 0 Å². The largest absolute Gasteiger partial charge is 0.467 e. The minimum Gasteiger partial charge on any atom is -0.467 e. The fraction of sp³-hybridized carbons (Fsp3) is 0.176. The van der Waals surface area contributed by atoms with Gasteiger partial charge in [-0.2, -0.15) is 0 Å². The second kappa shape index (κ2) is 6.30. The second-order valence-electron chi connectivity index (χ2n) is 5.11. The summed E-state index contributed by atoms with van der Waals surface area (Å²) < 4.78 is 5.29. The van der Waals surface area contributed by atoms with E-state index in [0.29, 0.717) is 6.54 Å². The Morgan fingerprint density at radius 1 is 1.00 bits per heavy atom. The number of furan rings is 1. The SMILES string of the molecule is Cc1cccc(C)c1Nc1cc(NCc2ccco2)ncn1. The zero-order chi connectivity index (χ0) is 15.4. The number of benzene rings is 1. The maximum Gasteiger partial charge on any atom is 0.135 e. The molecule has 0 aliphatic rings. The van der Waals surface area contributed by atoms with Gasteiger partial charge in [-0.15, -0.1) is 0 Å². The molecule has 2 aromatic heterocycles. The molecule has 0 atom stereocenters. The molecule has 0 saturated carbocycles. The van der Waals surface area contributed by atoms with Crippen molar-refractivity contribution in [3.63, 3.8) is 0 Å². The van der Waals surface area contributed by atoms with Crippen molar-refractivity contribution in [1.29, 1.82) is 0 Å². The molecule has 2 N–H and O–H groups in total. The fourth-order valence-electron chi connectivity index (χ4n) is 2.25. The van der Waals surface area contributed by atoms with E-state index in [1.165, 1.54) is 11.1 Å². The van der Waals surface area contributed by atoms with E-state index in [1.807, 2.05) is 24.3 Å². The zero-order valence-corrected chi connectivity index (χ0v) is 12.6. The average Bonchev–Trinajstić information content (AvgIpc) is 3.03. The first-order chi connectivity index (χ1) is 10.7. The van der Waals surface area contributed by atoms with E-state index in [9.17, 15) is 0 Å². The summed E-state index contributed by atoms with van der Waals surface area (Å²) in [5, 5.41) is 6.58. The van der Waals surface area contributed by atoms with Gasteiger partial charge in [0.2, 0.25) is 0 Å². The summed E-state index contributed by atoms with van der Waals surface area (Å²) in [6.45, 7) is 4.74. The molecule has 0 bridgehead atoms. The highest BCUT2D eigenvalue weighted by Gasteiger charge is 2.05. The van der Waals surface area contributed by atoms with Crippen molar-refractivity contribution in [2.45, 2.75) is 20.4 Å². The van der Waals surface area contributed by atoms with E-state index in [-0.39, 0.29) is 0 Å².